The summed E-state index contributed by atoms with van der Waals surface area (Å²) in [7, 11) is -3.50. The Bertz CT molecular complexity index is 326. The molecule has 0 aromatic carbocycles. The smallest absolute Gasteiger partial charge is 0.229 e. The molecule has 0 atom stereocenters. The molecule has 0 amide bonds. The number of rotatable bonds is 3. The lowest BCUT2D eigenvalue weighted by atomic mass is 9.83. The second kappa shape index (κ2) is 3.64. The van der Waals surface area contributed by atoms with Gasteiger partial charge in [-0.25, -0.2) is 8.42 Å². The summed E-state index contributed by atoms with van der Waals surface area (Å²) < 4.78 is 58.9. The monoisotopic (exact) mass is 246 g/mol. The number of hydrogen-bond acceptors (Lipinski definition) is 2. The maximum Gasteiger partial charge on any atom is 0.394 e. The Hall–Kier alpha value is -0.260. The summed E-state index contributed by atoms with van der Waals surface area (Å²) in [5.41, 5.74) is -2.00. The van der Waals surface area contributed by atoms with Gasteiger partial charge in [0.2, 0.25) is 0 Å². The van der Waals surface area contributed by atoms with Gasteiger partial charge in [-0.15, -0.1) is 0 Å². The molecule has 92 valence electrons. The van der Waals surface area contributed by atoms with Crippen LogP contribution in [0.4, 0.5) is 13.2 Å². The van der Waals surface area contributed by atoms with E-state index in [0.717, 1.165) is 20.1 Å². The van der Waals surface area contributed by atoms with Crippen molar-refractivity contribution in [1.29, 1.82) is 0 Å². The van der Waals surface area contributed by atoms with Crippen molar-refractivity contribution in [3.63, 3.8) is 0 Å². The molecule has 0 fully saturated rings. The first-order valence-electron chi connectivity index (χ1n) is 4.47. The standard InChI is InChI=1S/C9H17F3O2S/c1-7(2,9(10,11)12)6-8(3,4)15(5,13)14/h6H2,1-5H3. The predicted molar refractivity (Wildman–Crippen MR) is 53.4 cm³/mol. The molecule has 2 nitrogen and oxygen atoms in total. The maximum atomic E-state index is 12.6. The highest BCUT2D eigenvalue weighted by atomic mass is 32.2. The highest BCUT2D eigenvalue weighted by Crippen LogP contribution is 2.44. The fourth-order valence-electron chi connectivity index (χ4n) is 1.30. The van der Waals surface area contributed by atoms with Crippen molar-refractivity contribution in [2.75, 3.05) is 6.26 Å². The topological polar surface area (TPSA) is 34.1 Å². The molecule has 6 heteroatoms. The van der Waals surface area contributed by atoms with Gasteiger partial charge in [-0.1, -0.05) is 13.8 Å². The van der Waals surface area contributed by atoms with E-state index >= 15 is 0 Å². The first kappa shape index (κ1) is 14.7. The lowest BCUT2D eigenvalue weighted by Gasteiger charge is -2.35. The molecular weight excluding hydrogens is 229 g/mol. The average Bonchev–Trinajstić information content (AvgIpc) is 1.77. The SMILES string of the molecule is CC(C)(CC(C)(C)S(C)(=O)=O)C(F)(F)F. The maximum absolute atomic E-state index is 12.6. The summed E-state index contributed by atoms with van der Waals surface area (Å²) in [6.45, 7) is 4.66. The second-order valence-corrected chi connectivity index (χ2v) is 7.74. The van der Waals surface area contributed by atoms with Crippen molar-refractivity contribution in [1.82, 2.24) is 0 Å². The van der Waals surface area contributed by atoms with Gasteiger partial charge in [0.1, 0.15) is 0 Å². The van der Waals surface area contributed by atoms with E-state index in [0.29, 0.717) is 0 Å². The Balaban J connectivity index is 5.07. The van der Waals surface area contributed by atoms with Gasteiger partial charge < -0.3 is 0 Å². The van der Waals surface area contributed by atoms with E-state index in [-0.39, 0.29) is 0 Å². The molecule has 0 aliphatic heterocycles. The molecule has 0 radical (unpaired) electrons. The Kier molecular flexibility index (Phi) is 3.58. The predicted octanol–water partition coefficient (Wildman–Crippen LogP) is 2.79. The first-order chi connectivity index (χ1) is 6.21. The Morgan fingerprint density at radius 1 is 1.00 bits per heavy atom. The molecule has 0 aromatic rings. The molecule has 0 aliphatic rings. The third-order valence-corrected chi connectivity index (χ3v) is 4.79. The zero-order chi connectivity index (χ0) is 12.7. The zero-order valence-electron chi connectivity index (χ0n) is 9.57. The van der Waals surface area contributed by atoms with Gasteiger partial charge in [-0.05, 0) is 20.3 Å². The number of hydrogen-bond donors (Lipinski definition) is 0. The van der Waals surface area contributed by atoms with Crippen molar-refractivity contribution < 1.29 is 21.6 Å². The van der Waals surface area contributed by atoms with Crippen molar-refractivity contribution in [2.24, 2.45) is 5.41 Å². The van der Waals surface area contributed by atoms with E-state index in [9.17, 15) is 21.6 Å². The van der Waals surface area contributed by atoms with Gasteiger partial charge >= 0.3 is 6.18 Å². The van der Waals surface area contributed by atoms with Gasteiger partial charge in [-0.3, -0.25) is 0 Å². The van der Waals surface area contributed by atoms with E-state index in [1.807, 2.05) is 0 Å². The van der Waals surface area contributed by atoms with Gasteiger partial charge in [0.15, 0.2) is 9.84 Å². The number of sulfone groups is 1. The molecule has 0 saturated heterocycles. The molecule has 0 aliphatic carbocycles. The molecule has 0 N–H and O–H groups in total. The largest absolute Gasteiger partial charge is 0.394 e. The molecule has 0 saturated carbocycles. The third-order valence-electron chi connectivity index (χ3n) is 2.64. The molecule has 0 unspecified atom stereocenters. The summed E-state index contributed by atoms with van der Waals surface area (Å²) in [6.07, 6.45) is -3.88. The lowest BCUT2D eigenvalue weighted by Crippen LogP contribution is -2.42. The average molecular weight is 246 g/mol. The van der Waals surface area contributed by atoms with Crippen molar-refractivity contribution in [3.8, 4) is 0 Å². The van der Waals surface area contributed by atoms with Crippen LogP contribution in [-0.2, 0) is 9.84 Å². The highest BCUT2D eigenvalue weighted by Gasteiger charge is 2.51. The fourth-order valence-corrected chi connectivity index (χ4v) is 1.92. The minimum Gasteiger partial charge on any atom is -0.229 e. The van der Waals surface area contributed by atoms with E-state index in [4.69, 9.17) is 0 Å². The van der Waals surface area contributed by atoms with Crippen LogP contribution in [0.5, 0.6) is 0 Å². The van der Waals surface area contributed by atoms with Gasteiger partial charge in [0, 0.05) is 6.26 Å². The van der Waals surface area contributed by atoms with E-state index in [1.54, 1.807) is 0 Å². The summed E-state index contributed by atoms with van der Waals surface area (Å²) in [5.74, 6) is 0. The Morgan fingerprint density at radius 3 is 1.53 bits per heavy atom. The first-order valence-corrected chi connectivity index (χ1v) is 6.36. The van der Waals surface area contributed by atoms with Gasteiger partial charge in [0.25, 0.3) is 0 Å². The molecule has 15 heavy (non-hydrogen) atoms. The van der Waals surface area contributed by atoms with Crippen LogP contribution in [0.1, 0.15) is 34.1 Å². The van der Waals surface area contributed by atoms with Crippen LogP contribution >= 0.6 is 0 Å². The van der Waals surface area contributed by atoms with Crippen LogP contribution in [-0.4, -0.2) is 25.6 Å². The van der Waals surface area contributed by atoms with Crippen LogP contribution < -0.4 is 0 Å². The van der Waals surface area contributed by atoms with Crippen molar-refractivity contribution in [3.05, 3.63) is 0 Å². The van der Waals surface area contributed by atoms with Crippen LogP contribution in [0.3, 0.4) is 0 Å². The molecule has 0 bridgehead atoms. The van der Waals surface area contributed by atoms with Crippen LogP contribution in [0.2, 0.25) is 0 Å². The quantitative estimate of drug-likeness (QED) is 0.767. The van der Waals surface area contributed by atoms with E-state index < -0.39 is 32.6 Å². The lowest BCUT2D eigenvalue weighted by molar-refractivity contribution is -0.215. The Morgan fingerprint density at radius 2 is 1.33 bits per heavy atom. The van der Waals surface area contributed by atoms with Crippen LogP contribution in [0.25, 0.3) is 0 Å². The van der Waals surface area contributed by atoms with E-state index in [2.05, 4.69) is 0 Å². The molecular formula is C9H17F3O2S. The van der Waals surface area contributed by atoms with Crippen LogP contribution in [0.15, 0.2) is 0 Å². The fraction of sp³-hybridized carbons (Fsp3) is 1.00. The summed E-state index contributed by atoms with van der Waals surface area (Å²) in [5, 5.41) is 0. The molecule has 0 spiro atoms. The summed E-state index contributed by atoms with van der Waals surface area (Å²) >= 11 is 0. The summed E-state index contributed by atoms with van der Waals surface area (Å²) in [6, 6.07) is 0. The summed E-state index contributed by atoms with van der Waals surface area (Å²) in [4.78, 5) is 0. The highest BCUT2D eigenvalue weighted by molar-refractivity contribution is 7.92. The van der Waals surface area contributed by atoms with Gasteiger partial charge in [-0.2, -0.15) is 13.2 Å². The van der Waals surface area contributed by atoms with Gasteiger partial charge in [0.05, 0.1) is 10.2 Å². The minimum atomic E-state index is -4.39. The third kappa shape index (κ3) is 3.36. The Labute approximate surface area is 88.8 Å². The van der Waals surface area contributed by atoms with E-state index in [1.165, 1.54) is 13.8 Å². The zero-order valence-corrected chi connectivity index (χ0v) is 10.4. The molecule has 0 aromatic heterocycles. The normalized spacial score (nSPS) is 15.5. The minimum absolute atomic E-state index is 0.442. The van der Waals surface area contributed by atoms with Crippen LogP contribution in [0, 0.1) is 5.41 Å². The van der Waals surface area contributed by atoms with Crippen molar-refractivity contribution >= 4 is 9.84 Å². The second-order valence-electron chi connectivity index (χ2n) is 5.09. The van der Waals surface area contributed by atoms with Crippen molar-refractivity contribution in [2.45, 2.75) is 45.0 Å². The molecule has 0 rings (SSSR count). The molecule has 0 heterocycles. The number of alkyl halides is 3. The number of halogens is 3.